The number of nitrogens with one attached hydrogen (secondary N) is 1. The Bertz CT molecular complexity index is 748. The third-order valence-electron chi connectivity index (χ3n) is 4.68. The lowest BCUT2D eigenvalue weighted by molar-refractivity contribution is -0.116. The van der Waals surface area contributed by atoms with Crippen LogP contribution in [0, 0.1) is 0 Å². The molecule has 5 heteroatoms. The number of nitrogen functional groups attached to an aromatic ring is 1. The van der Waals surface area contributed by atoms with E-state index in [1.165, 1.54) is 6.42 Å². The first-order chi connectivity index (χ1) is 12.6. The lowest BCUT2D eigenvalue weighted by Gasteiger charge is -2.26. The van der Waals surface area contributed by atoms with Crippen molar-refractivity contribution in [2.45, 2.75) is 32.1 Å². The van der Waals surface area contributed by atoms with Gasteiger partial charge in [0.05, 0.1) is 0 Å². The first kappa shape index (κ1) is 18.0. The smallest absolute Gasteiger partial charge is 0.253 e. The third kappa shape index (κ3) is 4.85. The topological polar surface area (TPSA) is 75.4 Å². The van der Waals surface area contributed by atoms with Crippen molar-refractivity contribution in [1.29, 1.82) is 0 Å². The summed E-state index contributed by atoms with van der Waals surface area (Å²) in [4.78, 5) is 26.5. The van der Waals surface area contributed by atoms with E-state index in [9.17, 15) is 9.59 Å². The summed E-state index contributed by atoms with van der Waals surface area (Å²) in [6.07, 6.45) is 4.42. The van der Waals surface area contributed by atoms with E-state index in [1.54, 1.807) is 24.3 Å². The van der Waals surface area contributed by atoms with Crippen molar-refractivity contribution in [3.63, 3.8) is 0 Å². The largest absolute Gasteiger partial charge is 0.399 e. The highest BCUT2D eigenvalue weighted by Crippen LogP contribution is 2.16. The Hall–Kier alpha value is -2.82. The van der Waals surface area contributed by atoms with Gasteiger partial charge < -0.3 is 16.0 Å². The number of likely N-dealkylation sites (tertiary alicyclic amines) is 1. The van der Waals surface area contributed by atoms with Crippen LogP contribution in [0.4, 0.5) is 11.4 Å². The highest BCUT2D eigenvalue weighted by atomic mass is 16.2. The molecule has 0 unspecified atom stereocenters. The molecule has 2 aromatic rings. The molecule has 1 heterocycles. The second-order valence-electron chi connectivity index (χ2n) is 6.72. The van der Waals surface area contributed by atoms with Gasteiger partial charge in [-0.05, 0) is 67.6 Å². The van der Waals surface area contributed by atoms with Crippen LogP contribution in [0.1, 0.15) is 41.6 Å². The van der Waals surface area contributed by atoms with Crippen molar-refractivity contribution in [1.82, 2.24) is 4.90 Å². The minimum absolute atomic E-state index is 0.0445. The van der Waals surface area contributed by atoms with Crippen LogP contribution in [0.25, 0.3) is 0 Å². The molecule has 26 heavy (non-hydrogen) atoms. The summed E-state index contributed by atoms with van der Waals surface area (Å²) in [5.74, 6) is 0.0304. The van der Waals surface area contributed by atoms with Crippen molar-refractivity contribution in [2.75, 3.05) is 24.1 Å². The Morgan fingerprint density at radius 3 is 2.23 bits per heavy atom. The molecule has 0 atom stereocenters. The van der Waals surface area contributed by atoms with Crippen molar-refractivity contribution in [3.8, 4) is 0 Å². The summed E-state index contributed by atoms with van der Waals surface area (Å²) in [5, 5.41) is 2.88. The Balaban J connectivity index is 1.50. The average molecular weight is 351 g/mol. The summed E-state index contributed by atoms with van der Waals surface area (Å²) in [5.41, 5.74) is 8.84. The molecule has 1 saturated heterocycles. The Kier molecular flexibility index (Phi) is 5.89. The molecule has 2 amide bonds. The van der Waals surface area contributed by atoms with E-state index in [4.69, 9.17) is 5.73 Å². The highest BCUT2D eigenvalue weighted by molar-refractivity contribution is 5.95. The number of amides is 2. The Labute approximate surface area is 154 Å². The predicted octanol–water partition coefficient (Wildman–Crippen LogP) is 3.47. The first-order valence-electron chi connectivity index (χ1n) is 9.15. The summed E-state index contributed by atoms with van der Waals surface area (Å²) in [7, 11) is 0. The zero-order valence-corrected chi connectivity index (χ0v) is 14.9. The van der Waals surface area contributed by atoms with E-state index >= 15 is 0 Å². The molecule has 0 aliphatic carbocycles. The van der Waals surface area contributed by atoms with Crippen molar-refractivity contribution >= 4 is 23.2 Å². The number of benzene rings is 2. The highest BCUT2D eigenvalue weighted by Gasteiger charge is 2.17. The van der Waals surface area contributed by atoms with E-state index in [2.05, 4.69) is 5.32 Å². The molecule has 5 nitrogen and oxygen atoms in total. The van der Waals surface area contributed by atoms with Gasteiger partial charge in [0, 0.05) is 36.4 Å². The summed E-state index contributed by atoms with van der Waals surface area (Å²) in [6, 6.07) is 14.7. The minimum Gasteiger partial charge on any atom is -0.399 e. The second-order valence-corrected chi connectivity index (χ2v) is 6.72. The molecular weight excluding hydrogens is 326 g/mol. The van der Waals surface area contributed by atoms with E-state index in [0.717, 1.165) is 37.2 Å². The maximum absolute atomic E-state index is 12.4. The fourth-order valence-corrected chi connectivity index (χ4v) is 3.14. The molecule has 3 rings (SSSR count). The molecule has 0 aromatic heterocycles. The molecule has 0 saturated carbocycles. The van der Waals surface area contributed by atoms with Gasteiger partial charge in [0.2, 0.25) is 5.91 Å². The van der Waals surface area contributed by atoms with Crippen LogP contribution in [0.3, 0.4) is 0 Å². The van der Waals surface area contributed by atoms with Gasteiger partial charge in [-0.15, -0.1) is 0 Å². The minimum atomic E-state index is -0.0445. The van der Waals surface area contributed by atoms with Crippen molar-refractivity contribution < 1.29 is 9.59 Å². The van der Waals surface area contributed by atoms with E-state index in [1.807, 2.05) is 29.2 Å². The molecule has 1 fully saturated rings. The van der Waals surface area contributed by atoms with Gasteiger partial charge in [0.15, 0.2) is 0 Å². The Morgan fingerprint density at radius 2 is 1.58 bits per heavy atom. The van der Waals surface area contributed by atoms with Crippen LogP contribution < -0.4 is 11.1 Å². The number of nitrogens with two attached hydrogens (primary N) is 1. The van der Waals surface area contributed by atoms with E-state index in [0.29, 0.717) is 24.1 Å². The standard InChI is InChI=1S/C21H25N3O2/c22-18-9-4-16(5-10-18)6-13-20(25)23-19-11-7-17(8-12-19)21(26)24-14-2-1-3-15-24/h4-5,7-12H,1-3,6,13-15,22H2,(H,23,25). The van der Waals surface area contributed by atoms with Crippen molar-refractivity contribution in [3.05, 3.63) is 59.7 Å². The second kappa shape index (κ2) is 8.52. The predicted molar refractivity (Wildman–Crippen MR) is 104 cm³/mol. The molecule has 1 aliphatic rings. The van der Waals surface area contributed by atoms with Gasteiger partial charge in [-0.1, -0.05) is 12.1 Å². The van der Waals surface area contributed by atoms with Gasteiger partial charge in [-0.3, -0.25) is 9.59 Å². The number of carbonyl (C=O) groups excluding carboxylic acids is 2. The van der Waals surface area contributed by atoms with Gasteiger partial charge >= 0.3 is 0 Å². The lowest BCUT2D eigenvalue weighted by atomic mass is 10.1. The number of nitrogens with zero attached hydrogens (tertiary/aromatic N) is 1. The number of piperidine rings is 1. The molecule has 1 aliphatic heterocycles. The van der Waals surface area contributed by atoms with Crippen molar-refractivity contribution in [2.24, 2.45) is 0 Å². The summed E-state index contributed by atoms with van der Waals surface area (Å²) < 4.78 is 0. The zero-order valence-electron chi connectivity index (χ0n) is 14.9. The van der Waals surface area contributed by atoms with Crippen LogP contribution in [0.5, 0.6) is 0 Å². The lowest BCUT2D eigenvalue weighted by Crippen LogP contribution is -2.35. The number of hydrogen-bond acceptors (Lipinski definition) is 3. The maximum atomic E-state index is 12.4. The number of aryl methyl sites for hydroxylation is 1. The maximum Gasteiger partial charge on any atom is 0.253 e. The third-order valence-corrected chi connectivity index (χ3v) is 4.68. The van der Waals surface area contributed by atoms with Gasteiger partial charge in [-0.2, -0.15) is 0 Å². The van der Waals surface area contributed by atoms with Crippen LogP contribution in [-0.2, 0) is 11.2 Å². The van der Waals surface area contributed by atoms with Crippen LogP contribution in [0.2, 0.25) is 0 Å². The zero-order chi connectivity index (χ0) is 18.4. The molecule has 0 radical (unpaired) electrons. The number of anilines is 2. The fraction of sp³-hybridized carbons (Fsp3) is 0.333. The average Bonchev–Trinajstić information content (AvgIpc) is 2.68. The van der Waals surface area contributed by atoms with Crippen LogP contribution >= 0.6 is 0 Å². The quantitative estimate of drug-likeness (QED) is 0.810. The molecule has 0 bridgehead atoms. The van der Waals surface area contributed by atoms with E-state index < -0.39 is 0 Å². The summed E-state index contributed by atoms with van der Waals surface area (Å²) in [6.45, 7) is 1.67. The van der Waals surface area contributed by atoms with E-state index in [-0.39, 0.29) is 11.8 Å². The normalized spacial score (nSPS) is 14.1. The summed E-state index contributed by atoms with van der Waals surface area (Å²) >= 11 is 0. The monoisotopic (exact) mass is 351 g/mol. The first-order valence-corrected chi connectivity index (χ1v) is 9.15. The van der Waals surface area contributed by atoms with Crippen LogP contribution in [0.15, 0.2) is 48.5 Å². The van der Waals surface area contributed by atoms with Crippen LogP contribution in [-0.4, -0.2) is 29.8 Å². The fourth-order valence-electron chi connectivity index (χ4n) is 3.14. The number of hydrogen-bond donors (Lipinski definition) is 2. The molecule has 136 valence electrons. The molecule has 0 spiro atoms. The molecular formula is C21H25N3O2. The van der Waals surface area contributed by atoms with Gasteiger partial charge in [-0.25, -0.2) is 0 Å². The Morgan fingerprint density at radius 1 is 0.923 bits per heavy atom. The SMILES string of the molecule is Nc1ccc(CCC(=O)Nc2ccc(C(=O)N3CCCCC3)cc2)cc1. The van der Waals surface area contributed by atoms with Gasteiger partial charge in [0.25, 0.3) is 5.91 Å². The van der Waals surface area contributed by atoms with Gasteiger partial charge in [0.1, 0.15) is 0 Å². The molecule has 2 aromatic carbocycles. The number of rotatable bonds is 5. The molecule has 3 N–H and O–H groups in total. The number of carbonyl (C=O) groups is 2.